The Hall–Kier alpha value is -2.65. The van der Waals surface area contributed by atoms with Crippen LogP contribution < -0.4 is 0 Å². The topological polar surface area (TPSA) is 46.5 Å². The van der Waals surface area contributed by atoms with Crippen LogP contribution in [0.4, 0.5) is 0 Å². The van der Waals surface area contributed by atoms with Crippen LogP contribution in [0.2, 0.25) is 0 Å². The monoisotopic (exact) mass is 292 g/mol. The van der Waals surface area contributed by atoms with Gasteiger partial charge in [0.15, 0.2) is 5.78 Å². The molecule has 110 valence electrons. The summed E-state index contributed by atoms with van der Waals surface area (Å²) in [6, 6.07) is 18.5. The molecule has 0 bridgehead atoms. The largest absolute Gasteiger partial charge is 0.489 e. The lowest BCUT2D eigenvalue weighted by Crippen LogP contribution is -2.39. The molecule has 2 aromatic rings. The van der Waals surface area contributed by atoms with Crippen molar-refractivity contribution in [2.24, 2.45) is 0 Å². The van der Waals surface area contributed by atoms with Crippen molar-refractivity contribution in [3.8, 4) is 0 Å². The van der Waals surface area contributed by atoms with E-state index < -0.39 is 11.4 Å². The predicted molar refractivity (Wildman–Crippen MR) is 83.8 cm³/mol. The zero-order chi connectivity index (χ0) is 15.4. The molecule has 3 nitrogen and oxygen atoms in total. The molecule has 1 N–H and O–H groups in total. The zero-order valence-electron chi connectivity index (χ0n) is 12.0. The van der Waals surface area contributed by atoms with E-state index in [1.807, 2.05) is 36.4 Å². The Bertz CT molecular complexity index is 717. The molecule has 22 heavy (non-hydrogen) atoms. The lowest BCUT2D eigenvalue weighted by molar-refractivity contribution is -0.134. The van der Waals surface area contributed by atoms with E-state index in [-0.39, 0.29) is 5.76 Å². The average Bonchev–Trinajstić information content (AvgIpc) is 2.58. The minimum Gasteiger partial charge on any atom is -0.489 e. The van der Waals surface area contributed by atoms with Gasteiger partial charge in [0.1, 0.15) is 12.4 Å². The third-order valence-electron chi connectivity index (χ3n) is 3.64. The van der Waals surface area contributed by atoms with Gasteiger partial charge in [0.2, 0.25) is 5.60 Å². The molecule has 1 atom stereocenters. The summed E-state index contributed by atoms with van der Waals surface area (Å²) >= 11 is 0. The summed E-state index contributed by atoms with van der Waals surface area (Å²) in [5, 5.41) is 11.0. The first-order valence-electron chi connectivity index (χ1n) is 7.09. The fourth-order valence-electron chi connectivity index (χ4n) is 2.44. The summed E-state index contributed by atoms with van der Waals surface area (Å²) in [4.78, 5) is 12.3. The Balaban J connectivity index is 1.89. The number of allylic oxidation sites excluding steroid dienone is 2. The second-order valence-corrected chi connectivity index (χ2v) is 5.10. The van der Waals surface area contributed by atoms with Crippen molar-refractivity contribution in [3.05, 3.63) is 95.8 Å². The van der Waals surface area contributed by atoms with Gasteiger partial charge in [-0.15, -0.1) is 0 Å². The molecular weight excluding hydrogens is 276 g/mol. The van der Waals surface area contributed by atoms with Crippen molar-refractivity contribution in [3.63, 3.8) is 0 Å². The Labute approximate surface area is 129 Å². The highest BCUT2D eigenvalue weighted by Gasteiger charge is 2.43. The van der Waals surface area contributed by atoms with Gasteiger partial charge in [-0.05, 0) is 23.3 Å². The number of carbonyl (C=O) groups is 1. The first-order chi connectivity index (χ1) is 10.7. The molecule has 0 aromatic heterocycles. The lowest BCUT2D eigenvalue weighted by atomic mass is 9.84. The fourth-order valence-corrected chi connectivity index (χ4v) is 2.44. The van der Waals surface area contributed by atoms with Crippen LogP contribution in [0.1, 0.15) is 11.1 Å². The van der Waals surface area contributed by atoms with E-state index in [1.165, 1.54) is 6.08 Å². The molecule has 0 amide bonds. The van der Waals surface area contributed by atoms with Crippen molar-refractivity contribution in [1.82, 2.24) is 0 Å². The molecule has 0 radical (unpaired) electrons. The van der Waals surface area contributed by atoms with Crippen molar-refractivity contribution in [2.75, 3.05) is 0 Å². The number of rotatable bonds is 4. The van der Waals surface area contributed by atoms with Crippen LogP contribution in [0.15, 0.2) is 84.7 Å². The second kappa shape index (κ2) is 6.00. The molecule has 3 heteroatoms. The third-order valence-corrected chi connectivity index (χ3v) is 3.64. The average molecular weight is 292 g/mol. The minimum atomic E-state index is -1.76. The van der Waals surface area contributed by atoms with E-state index in [4.69, 9.17) is 4.74 Å². The molecule has 0 spiro atoms. The molecule has 3 rings (SSSR count). The van der Waals surface area contributed by atoms with Gasteiger partial charge >= 0.3 is 0 Å². The van der Waals surface area contributed by atoms with Crippen LogP contribution in [-0.2, 0) is 21.7 Å². The quantitative estimate of drug-likeness (QED) is 0.942. The molecule has 0 aliphatic heterocycles. The molecule has 1 unspecified atom stereocenters. The Morgan fingerprint density at radius 1 is 0.955 bits per heavy atom. The lowest BCUT2D eigenvalue weighted by Gasteiger charge is -2.30. The van der Waals surface area contributed by atoms with Gasteiger partial charge in [0, 0.05) is 0 Å². The van der Waals surface area contributed by atoms with Crippen LogP contribution >= 0.6 is 0 Å². The van der Waals surface area contributed by atoms with Crippen molar-refractivity contribution in [2.45, 2.75) is 12.2 Å². The van der Waals surface area contributed by atoms with Gasteiger partial charge in [-0.2, -0.15) is 0 Å². The van der Waals surface area contributed by atoms with Gasteiger partial charge in [0.25, 0.3) is 0 Å². The molecule has 0 fully saturated rings. The molecule has 2 aromatic carbocycles. The Morgan fingerprint density at radius 2 is 1.59 bits per heavy atom. The van der Waals surface area contributed by atoms with Crippen molar-refractivity contribution in [1.29, 1.82) is 0 Å². The van der Waals surface area contributed by atoms with Gasteiger partial charge < -0.3 is 9.84 Å². The summed E-state index contributed by atoms with van der Waals surface area (Å²) in [5.41, 5.74) is -0.283. The maximum absolute atomic E-state index is 12.3. The number of ether oxygens (including phenoxy) is 1. The van der Waals surface area contributed by atoms with E-state index >= 15 is 0 Å². The van der Waals surface area contributed by atoms with Gasteiger partial charge in [-0.1, -0.05) is 66.7 Å². The molecule has 1 aliphatic carbocycles. The molecular formula is C19H16O3. The highest BCUT2D eigenvalue weighted by atomic mass is 16.5. The molecule has 0 heterocycles. The SMILES string of the molecule is O=C1C=CC=C(OCc2ccccc2)C1(O)c1ccccc1. The highest BCUT2D eigenvalue weighted by Crippen LogP contribution is 2.34. The van der Waals surface area contributed by atoms with Crippen LogP contribution in [0.5, 0.6) is 0 Å². The molecule has 0 saturated heterocycles. The second-order valence-electron chi connectivity index (χ2n) is 5.10. The summed E-state index contributed by atoms with van der Waals surface area (Å²) in [6.07, 6.45) is 4.60. The summed E-state index contributed by atoms with van der Waals surface area (Å²) in [7, 11) is 0. The Morgan fingerprint density at radius 3 is 2.27 bits per heavy atom. The first kappa shape index (κ1) is 14.3. The maximum atomic E-state index is 12.3. The minimum absolute atomic E-state index is 0.245. The number of aliphatic hydroxyl groups is 1. The summed E-state index contributed by atoms with van der Waals surface area (Å²) < 4.78 is 5.75. The number of ketones is 1. The number of carbonyl (C=O) groups excluding carboxylic acids is 1. The van der Waals surface area contributed by atoms with E-state index in [2.05, 4.69) is 0 Å². The summed E-state index contributed by atoms with van der Waals surface area (Å²) in [6.45, 7) is 0.295. The van der Waals surface area contributed by atoms with E-state index in [9.17, 15) is 9.90 Å². The first-order valence-corrected chi connectivity index (χ1v) is 7.09. The van der Waals surface area contributed by atoms with Crippen molar-refractivity contribution < 1.29 is 14.6 Å². The predicted octanol–water partition coefficient (Wildman–Crippen LogP) is 3.11. The van der Waals surface area contributed by atoms with E-state index in [1.54, 1.807) is 36.4 Å². The normalized spacial score (nSPS) is 20.6. The van der Waals surface area contributed by atoms with Crippen LogP contribution in [0.25, 0.3) is 0 Å². The van der Waals surface area contributed by atoms with Crippen LogP contribution in [0, 0.1) is 0 Å². The standard InChI is InChI=1S/C19H16O3/c20-17-12-7-13-18(22-14-15-8-3-1-4-9-15)19(17,21)16-10-5-2-6-11-16/h1-13,21H,14H2. The maximum Gasteiger partial charge on any atom is 0.210 e. The smallest absolute Gasteiger partial charge is 0.210 e. The highest BCUT2D eigenvalue weighted by molar-refractivity contribution is 6.01. The van der Waals surface area contributed by atoms with E-state index in [0.717, 1.165) is 5.56 Å². The van der Waals surface area contributed by atoms with Gasteiger partial charge in [0.05, 0.1) is 0 Å². The summed E-state index contributed by atoms with van der Waals surface area (Å²) in [5.74, 6) is -0.153. The number of hydrogen-bond donors (Lipinski definition) is 1. The van der Waals surface area contributed by atoms with Crippen LogP contribution in [-0.4, -0.2) is 10.9 Å². The van der Waals surface area contributed by atoms with Crippen molar-refractivity contribution >= 4 is 5.78 Å². The Kier molecular flexibility index (Phi) is 3.90. The molecule has 1 aliphatic rings. The number of hydrogen-bond acceptors (Lipinski definition) is 3. The number of benzene rings is 2. The fraction of sp³-hybridized carbons (Fsp3) is 0.105. The third kappa shape index (κ3) is 2.59. The molecule has 0 saturated carbocycles. The zero-order valence-corrected chi connectivity index (χ0v) is 12.0. The van der Waals surface area contributed by atoms with Crippen LogP contribution in [0.3, 0.4) is 0 Å². The van der Waals surface area contributed by atoms with Gasteiger partial charge in [-0.3, -0.25) is 4.79 Å². The van der Waals surface area contributed by atoms with E-state index in [0.29, 0.717) is 12.2 Å². The van der Waals surface area contributed by atoms with Gasteiger partial charge in [-0.25, -0.2) is 0 Å².